The lowest BCUT2D eigenvalue weighted by molar-refractivity contribution is 0.0719. The smallest absolute Gasteiger partial charge is 0.253 e. The van der Waals surface area contributed by atoms with Gasteiger partial charge in [-0.25, -0.2) is 9.97 Å². The van der Waals surface area contributed by atoms with E-state index in [0.29, 0.717) is 37.3 Å². The minimum Gasteiger partial charge on any atom is -0.337 e. The fourth-order valence-corrected chi connectivity index (χ4v) is 3.93. The van der Waals surface area contributed by atoms with Crippen molar-refractivity contribution >= 4 is 22.8 Å². The molecule has 0 aliphatic carbocycles. The van der Waals surface area contributed by atoms with E-state index < -0.39 is 0 Å². The summed E-state index contributed by atoms with van der Waals surface area (Å²) in [6.07, 6.45) is 0.758. The number of rotatable bonds is 2. The monoisotopic (exact) mass is 416 g/mol. The average Bonchev–Trinajstić information content (AvgIpc) is 3.01. The lowest BCUT2D eigenvalue weighted by Crippen LogP contribution is -2.37. The molecule has 1 fully saturated rings. The SMILES string of the molecule is Cc1ccc(C(=O)N2CCCN(C(=O)c3ccc4nc(C)c(C)nc4c3)CC2)cc1C. The number of aromatic nitrogens is 2. The van der Waals surface area contributed by atoms with Crippen LogP contribution in [-0.4, -0.2) is 57.8 Å². The van der Waals surface area contributed by atoms with Crippen LogP contribution in [0.5, 0.6) is 0 Å². The first-order chi connectivity index (χ1) is 14.8. The Morgan fingerprint density at radius 2 is 1.23 bits per heavy atom. The van der Waals surface area contributed by atoms with Gasteiger partial charge in [-0.1, -0.05) is 6.07 Å². The molecule has 2 amide bonds. The van der Waals surface area contributed by atoms with Gasteiger partial charge in [0.2, 0.25) is 0 Å². The number of amides is 2. The highest BCUT2D eigenvalue weighted by atomic mass is 16.2. The van der Waals surface area contributed by atoms with Crippen LogP contribution in [0.25, 0.3) is 11.0 Å². The lowest BCUT2D eigenvalue weighted by atomic mass is 10.1. The molecule has 0 spiro atoms. The Labute approximate surface area is 182 Å². The van der Waals surface area contributed by atoms with Crippen LogP contribution in [0.2, 0.25) is 0 Å². The first kappa shape index (κ1) is 21.0. The second kappa shape index (κ2) is 8.46. The van der Waals surface area contributed by atoms with Crippen LogP contribution in [0.3, 0.4) is 0 Å². The van der Waals surface area contributed by atoms with Gasteiger partial charge >= 0.3 is 0 Å². The Hall–Kier alpha value is -3.28. The van der Waals surface area contributed by atoms with Gasteiger partial charge in [-0.3, -0.25) is 9.59 Å². The van der Waals surface area contributed by atoms with Crippen molar-refractivity contribution in [3.63, 3.8) is 0 Å². The molecule has 4 rings (SSSR count). The first-order valence-electron chi connectivity index (χ1n) is 10.7. The zero-order chi connectivity index (χ0) is 22.1. The number of hydrogen-bond donors (Lipinski definition) is 0. The summed E-state index contributed by atoms with van der Waals surface area (Å²) >= 11 is 0. The van der Waals surface area contributed by atoms with Crippen LogP contribution in [-0.2, 0) is 0 Å². The molecule has 0 atom stereocenters. The standard InChI is InChI=1S/C25H28N4O2/c1-16-6-7-20(14-17(16)2)24(30)28-10-5-11-29(13-12-28)25(31)21-8-9-22-23(15-21)27-19(4)18(3)26-22/h6-9,14-15H,5,10-13H2,1-4H3. The largest absolute Gasteiger partial charge is 0.337 e. The Kier molecular flexibility index (Phi) is 5.72. The Morgan fingerprint density at radius 1 is 0.677 bits per heavy atom. The van der Waals surface area contributed by atoms with E-state index in [-0.39, 0.29) is 11.8 Å². The zero-order valence-electron chi connectivity index (χ0n) is 18.6. The second-order valence-electron chi connectivity index (χ2n) is 8.33. The third-order valence-electron chi connectivity index (χ3n) is 6.15. The van der Waals surface area contributed by atoms with Crippen molar-refractivity contribution in [1.82, 2.24) is 19.8 Å². The van der Waals surface area contributed by atoms with Crippen molar-refractivity contribution in [3.8, 4) is 0 Å². The Morgan fingerprint density at radius 3 is 1.84 bits per heavy atom. The van der Waals surface area contributed by atoms with E-state index in [1.165, 1.54) is 5.56 Å². The maximum absolute atomic E-state index is 13.2. The molecule has 31 heavy (non-hydrogen) atoms. The summed E-state index contributed by atoms with van der Waals surface area (Å²) in [5.41, 5.74) is 6.90. The molecule has 1 aromatic heterocycles. The lowest BCUT2D eigenvalue weighted by Gasteiger charge is -2.22. The second-order valence-corrected chi connectivity index (χ2v) is 8.33. The Bertz CT molecular complexity index is 1170. The fraction of sp³-hybridized carbons (Fsp3) is 0.360. The van der Waals surface area contributed by atoms with Gasteiger partial charge in [-0.2, -0.15) is 0 Å². The molecule has 0 bridgehead atoms. The van der Waals surface area contributed by atoms with Gasteiger partial charge in [0, 0.05) is 37.3 Å². The number of carbonyl (C=O) groups is 2. The molecule has 160 valence electrons. The summed E-state index contributed by atoms with van der Waals surface area (Å²) in [5.74, 6) is 0.00614. The molecule has 0 N–H and O–H groups in total. The number of benzene rings is 2. The van der Waals surface area contributed by atoms with Crippen molar-refractivity contribution in [2.45, 2.75) is 34.1 Å². The van der Waals surface area contributed by atoms with Gasteiger partial charge in [-0.05, 0) is 75.6 Å². The number of hydrogen-bond acceptors (Lipinski definition) is 4. The minimum absolute atomic E-state index is 0.0255. The van der Waals surface area contributed by atoms with Crippen molar-refractivity contribution in [2.75, 3.05) is 26.2 Å². The zero-order valence-corrected chi connectivity index (χ0v) is 18.6. The van der Waals surface area contributed by atoms with Crippen LogP contribution in [0, 0.1) is 27.7 Å². The molecule has 2 aromatic carbocycles. The maximum Gasteiger partial charge on any atom is 0.253 e. The molecular weight excluding hydrogens is 388 g/mol. The van der Waals surface area contributed by atoms with Gasteiger partial charge in [-0.15, -0.1) is 0 Å². The summed E-state index contributed by atoms with van der Waals surface area (Å²) in [6, 6.07) is 11.3. The molecular formula is C25H28N4O2. The normalized spacial score (nSPS) is 14.6. The molecule has 1 saturated heterocycles. The minimum atomic E-state index is -0.0255. The predicted molar refractivity (Wildman–Crippen MR) is 121 cm³/mol. The van der Waals surface area contributed by atoms with Gasteiger partial charge in [0.25, 0.3) is 11.8 Å². The van der Waals surface area contributed by atoms with Crippen LogP contribution in [0.1, 0.15) is 49.7 Å². The molecule has 6 nitrogen and oxygen atoms in total. The van der Waals surface area contributed by atoms with Gasteiger partial charge < -0.3 is 9.80 Å². The van der Waals surface area contributed by atoms with Crippen LogP contribution >= 0.6 is 0 Å². The van der Waals surface area contributed by atoms with E-state index in [0.717, 1.165) is 34.4 Å². The summed E-state index contributed by atoms with van der Waals surface area (Å²) in [7, 11) is 0. The van der Waals surface area contributed by atoms with Crippen molar-refractivity contribution in [3.05, 3.63) is 70.0 Å². The summed E-state index contributed by atoms with van der Waals surface area (Å²) in [4.78, 5) is 38.9. The molecule has 1 aliphatic rings. The summed E-state index contributed by atoms with van der Waals surface area (Å²) < 4.78 is 0. The number of fused-ring (bicyclic) bond motifs is 1. The third-order valence-corrected chi connectivity index (χ3v) is 6.15. The molecule has 0 saturated carbocycles. The van der Waals surface area contributed by atoms with E-state index in [1.807, 2.05) is 73.9 Å². The van der Waals surface area contributed by atoms with Crippen molar-refractivity contribution in [2.24, 2.45) is 0 Å². The highest BCUT2D eigenvalue weighted by Crippen LogP contribution is 2.18. The van der Waals surface area contributed by atoms with E-state index in [2.05, 4.69) is 9.97 Å². The predicted octanol–water partition coefficient (Wildman–Crippen LogP) is 3.85. The van der Waals surface area contributed by atoms with E-state index in [9.17, 15) is 9.59 Å². The molecule has 1 aliphatic heterocycles. The summed E-state index contributed by atoms with van der Waals surface area (Å²) in [5, 5.41) is 0. The van der Waals surface area contributed by atoms with Gasteiger partial charge in [0.05, 0.1) is 22.4 Å². The highest BCUT2D eigenvalue weighted by Gasteiger charge is 2.24. The van der Waals surface area contributed by atoms with E-state index in [1.54, 1.807) is 0 Å². The number of aryl methyl sites for hydroxylation is 4. The molecule has 2 heterocycles. The highest BCUT2D eigenvalue weighted by molar-refractivity contribution is 5.97. The topological polar surface area (TPSA) is 66.4 Å². The van der Waals surface area contributed by atoms with Gasteiger partial charge in [0.15, 0.2) is 0 Å². The van der Waals surface area contributed by atoms with E-state index in [4.69, 9.17) is 0 Å². The third kappa shape index (κ3) is 4.29. The summed E-state index contributed by atoms with van der Waals surface area (Å²) in [6.45, 7) is 10.2. The first-order valence-corrected chi connectivity index (χ1v) is 10.7. The van der Waals surface area contributed by atoms with Crippen molar-refractivity contribution < 1.29 is 9.59 Å². The number of nitrogens with zero attached hydrogens (tertiary/aromatic N) is 4. The quantitative estimate of drug-likeness (QED) is 0.636. The average molecular weight is 417 g/mol. The fourth-order valence-electron chi connectivity index (χ4n) is 3.93. The molecule has 0 unspecified atom stereocenters. The van der Waals surface area contributed by atoms with Gasteiger partial charge in [0.1, 0.15) is 0 Å². The Balaban J connectivity index is 1.48. The molecule has 0 radical (unpaired) electrons. The van der Waals surface area contributed by atoms with Crippen LogP contribution in [0.4, 0.5) is 0 Å². The number of carbonyl (C=O) groups excluding carboxylic acids is 2. The van der Waals surface area contributed by atoms with Crippen LogP contribution in [0.15, 0.2) is 36.4 Å². The van der Waals surface area contributed by atoms with Crippen LogP contribution < -0.4 is 0 Å². The van der Waals surface area contributed by atoms with Crippen molar-refractivity contribution in [1.29, 1.82) is 0 Å². The van der Waals surface area contributed by atoms with E-state index >= 15 is 0 Å². The molecule has 6 heteroatoms. The molecule has 3 aromatic rings. The maximum atomic E-state index is 13.2.